The average Bonchev–Trinajstić information content (AvgIpc) is 3.20. The van der Waals surface area contributed by atoms with Crippen molar-refractivity contribution in [2.45, 2.75) is 26.3 Å². The van der Waals surface area contributed by atoms with Gasteiger partial charge >= 0.3 is 5.97 Å². The fourth-order valence-electron chi connectivity index (χ4n) is 4.67. The van der Waals surface area contributed by atoms with Crippen LogP contribution in [-0.4, -0.2) is 52.7 Å². The van der Waals surface area contributed by atoms with Gasteiger partial charge in [-0.25, -0.2) is 4.79 Å². The van der Waals surface area contributed by atoms with Crippen molar-refractivity contribution >= 4 is 41.1 Å². The number of nitrogens with one attached hydrogen (secondary N) is 2. The fraction of sp³-hybridized carbons (Fsp3) is 0.375. The Morgan fingerprint density at radius 2 is 1.91 bits per heavy atom. The lowest BCUT2D eigenvalue weighted by Crippen LogP contribution is -2.35. The molecular weight excluding hydrogens is 495 g/mol. The third-order valence-electron chi connectivity index (χ3n) is 6.53. The van der Waals surface area contributed by atoms with E-state index < -0.39 is 5.97 Å². The molecule has 5 rings (SSSR count). The van der Waals surface area contributed by atoms with Gasteiger partial charge in [0.25, 0.3) is 11.9 Å². The number of carbonyl (C=O) groups excluding carboxylic acids is 1. The van der Waals surface area contributed by atoms with Crippen molar-refractivity contribution in [1.82, 2.24) is 15.3 Å². The number of hydrogen-bond acceptors (Lipinski definition) is 6. The van der Waals surface area contributed by atoms with Gasteiger partial charge in [0.15, 0.2) is 0 Å². The van der Waals surface area contributed by atoms with Crippen molar-refractivity contribution < 1.29 is 23.8 Å². The van der Waals surface area contributed by atoms with E-state index in [1.807, 2.05) is 36.1 Å². The third kappa shape index (κ3) is 4.46. The van der Waals surface area contributed by atoms with Crippen molar-refractivity contribution in [3.8, 4) is 5.75 Å². The quantitative estimate of drug-likeness (QED) is 0.409. The molecule has 1 unspecified atom stereocenters. The maximum Gasteiger partial charge on any atom is 0.373 e. The first-order chi connectivity index (χ1) is 16.8. The molecule has 1 aliphatic heterocycles. The van der Waals surface area contributed by atoms with E-state index in [1.54, 1.807) is 6.92 Å². The van der Waals surface area contributed by atoms with Crippen LogP contribution in [0.25, 0.3) is 0 Å². The lowest BCUT2D eigenvalue weighted by Gasteiger charge is -2.17. The summed E-state index contributed by atoms with van der Waals surface area (Å²) in [4.78, 5) is 33.7. The number of rotatable bonds is 8. The van der Waals surface area contributed by atoms with Gasteiger partial charge < -0.3 is 29.5 Å². The summed E-state index contributed by atoms with van der Waals surface area (Å²) < 4.78 is 11.1. The number of oxazole rings is 1. The number of nitrogens with zero attached hydrogens (tertiary/aromatic N) is 2. The van der Waals surface area contributed by atoms with Gasteiger partial charge in [0.1, 0.15) is 17.1 Å². The molecule has 3 aromatic rings. The minimum Gasteiger partial charge on any atom is -0.494 e. The number of aryl methyl sites for hydroxylation is 1. The number of piperidine rings is 1. The third-order valence-corrected chi connectivity index (χ3v) is 7.48. The molecule has 2 aliphatic rings. The monoisotopic (exact) mass is 518 g/mol. The number of H-pyrrole nitrogens is 1. The Labute approximate surface area is 211 Å². The SMILES string of the molecule is CCOc1ccc(Cc2nc(N3C[C@@H]4C(NC(=O)c5[nH]c(C)c(Cl)c5Cl)[C@@H]4C3)oc2C(=O)O)cc1. The summed E-state index contributed by atoms with van der Waals surface area (Å²) in [6.45, 7) is 5.45. The van der Waals surface area contributed by atoms with Crippen molar-refractivity contribution in [3.05, 3.63) is 62.7 Å². The molecule has 1 saturated carbocycles. The minimum atomic E-state index is -1.16. The van der Waals surface area contributed by atoms with E-state index in [2.05, 4.69) is 15.3 Å². The second-order valence-corrected chi connectivity index (χ2v) is 9.57. The van der Waals surface area contributed by atoms with Crippen LogP contribution in [-0.2, 0) is 6.42 Å². The van der Waals surface area contributed by atoms with Crippen LogP contribution < -0.4 is 15.0 Å². The molecule has 1 aliphatic carbocycles. The molecule has 2 fully saturated rings. The Bertz CT molecular complexity index is 1270. The number of hydrogen-bond donors (Lipinski definition) is 3. The van der Waals surface area contributed by atoms with Crippen LogP contribution in [0.5, 0.6) is 5.75 Å². The maximum atomic E-state index is 12.6. The second kappa shape index (κ2) is 9.13. The summed E-state index contributed by atoms with van der Waals surface area (Å²) in [6.07, 6.45) is 0.329. The molecule has 9 nitrogen and oxygen atoms in total. The number of benzene rings is 1. The van der Waals surface area contributed by atoms with E-state index in [9.17, 15) is 14.7 Å². The molecule has 0 spiro atoms. The second-order valence-electron chi connectivity index (χ2n) is 8.82. The number of carboxylic acids is 1. The Morgan fingerprint density at radius 1 is 1.23 bits per heavy atom. The summed E-state index contributed by atoms with van der Waals surface area (Å²) in [5.74, 6) is -0.412. The number of aromatic nitrogens is 2. The molecule has 3 N–H and O–H groups in total. The van der Waals surface area contributed by atoms with Gasteiger partial charge in [-0.3, -0.25) is 4.79 Å². The molecule has 3 heterocycles. The molecule has 35 heavy (non-hydrogen) atoms. The number of halogens is 2. The van der Waals surface area contributed by atoms with Gasteiger partial charge in [-0.1, -0.05) is 35.3 Å². The van der Waals surface area contributed by atoms with E-state index in [-0.39, 0.29) is 46.3 Å². The number of ether oxygens (including phenoxy) is 1. The van der Waals surface area contributed by atoms with Gasteiger partial charge in [0, 0.05) is 43.1 Å². The fourth-order valence-corrected chi connectivity index (χ4v) is 5.09. The van der Waals surface area contributed by atoms with E-state index in [4.69, 9.17) is 32.4 Å². The summed E-state index contributed by atoms with van der Waals surface area (Å²) in [5, 5.41) is 13.2. The zero-order valence-corrected chi connectivity index (χ0v) is 20.6. The molecule has 3 atom stereocenters. The number of anilines is 1. The first-order valence-corrected chi connectivity index (χ1v) is 12.1. The number of fused-ring (bicyclic) bond motifs is 1. The van der Waals surface area contributed by atoms with Gasteiger partial charge in [0.2, 0.25) is 5.76 Å². The summed E-state index contributed by atoms with van der Waals surface area (Å²) in [6, 6.07) is 7.75. The zero-order chi connectivity index (χ0) is 24.9. The Balaban J connectivity index is 1.23. The lowest BCUT2D eigenvalue weighted by atomic mass is 10.1. The Kier molecular flexibility index (Phi) is 6.14. The normalized spacial score (nSPS) is 20.6. The van der Waals surface area contributed by atoms with Crippen LogP contribution in [0.15, 0.2) is 28.7 Å². The van der Waals surface area contributed by atoms with E-state index >= 15 is 0 Å². The predicted octanol–water partition coefficient (Wildman–Crippen LogP) is 4.17. The van der Waals surface area contributed by atoms with Crippen molar-refractivity contribution in [3.63, 3.8) is 0 Å². The average molecular weight is 519 g/mol. The van der Waals surface area contributed by atoms with E-state index in [0.29, 0.717) is 42.5 Å². The number of aromatic amines is 1. The van der Waals surface area contributed by atoms with Crippen LogP contribution in [0, 0.1) is 18.8 Å². The summed E-state index contributed by atoms with van der Waals surface area (Å²) >= 11 is 12.2. The highest BCUT2D eigenvalue weighted by atomic mass is 35.5. The van der Waals surface area contributed by atoms with E-state index in [0.717, 1.165) is 11.3 Å². The molecular formula is C24H24Cl2N4O5. The maximum absolute atomic E-state index is 12.6. The molecule has 1 aromatic carbocycles. The molecule has 0 bridgehead atoms. The molecule has 2 aromatic heterocycles. The predicted molar refractivity (Wildman–Crippen MR) is 130 cm³/mol. The highest BCUT2D eigenvalue weighted by molar-refractivity contribution is 6.44. The van der Waals surface area contributed by atoms with Crippen molar-refractivity contribution in [2.75, 3.05) is 24.6 Å². The number of aromatic carboxylic acids is 1. The summed E-state index contributed by atoms with van der Waals surface area (Å²) in [5.41, 5.74) is 2.17. The molecule has 1 saturated heterocycles. The van der Waals surface area contributed by atoms with Crippen LogP contribution in [0.2, 0.25) is 10.0 Å². The molecule has 184 valence electrons. The first kappa shape index (κ1) is 23.6. The number of carboxylic acid groups (broad SMARTS) is 1. The van der Waals surface area contributed by atoms with Gasteiger partial charge in [-0.05, 0) is 31.5 Å². The zero-order valence-electron chi connectivity index (χ0n) is 19.1. The smallest absolute Gasteiger partial charge is 0.373 e. The van der Waals surface area contributed by atoms with Crippen LogP contribution in [0.3, 0.4) is 0 Å². The van der Waals surface area contributed by atoms with Gasteiger partial charge in [-0.15, -0.1) is 0 Å². The van der Waals surface area contributed by atoms with Crippen LogP contribution in [0.4, 0.5) is 6.01 Å². The Morgan fingerprint density at radius 3 is 2.49 bits per heavy atom. The molecule has 1 amide bonds. The Hall–Kier alpha value is -3.17. The van der Waals surface area contributed by atoms with E-state index in [1.165, 1.54) is 0 Å². The van der Waals surface area contributed by atoms with Crippen molar-refractivity contribution in [1.29, 1.82) is 0 Å². The van der Waals surface area contributed by atoms with Gasteiger partial charge in [-0.2, -0.15) is 4.98 Å². The molecule has 0 radical (unpaired) electrons. The highest BCUT2D eigenvalue weighted by Crippen LogP contribution is 2.47. The number of carbonyl (C=O) groups is 2. The summed E-state index contributed by atoms with van der Waals surface area (Å²) in [7, 11) is 0. The minimum absolute atomic E-state index is 0.00873. The van der Waals surface area contributed by atoms with Gasteiger partial charge in [0.05, 0.1) is 16.7 Å². The highest BCUT2D eigenvalue weighted by Gasteiger charge is 2.57. The lowest BCUT2D eigenvalue weighted by molar-refractivity contribution is 0.0661. The first-order valence-electron chi connectivity index (χ1n) is 11.3. The molecule has 11 heteroatoms. The van der Waals surface area contributed by atoms with Crippen molar-refractivity contribution in [2.24, 2.45) is 11.8 Å². The van der Waals surface area contributed by atoms with Crippen LogP contribution >= 0.6 is 23.2 Å². The number of amides is 1. The standard InChI is InChI=1S/C24H24Cl2N4O5/c1-3-34-13-6-4-12(5-7-13)8-16-21(23(32)33)35-24(28-16)30-9-14-15(10-30)19(14)29-22(31)20-18(26)17(25)11(2)27-20/h4-7,14-15,19,27H,3,8-10H2,1-2H3,(H,29,31)(H,32,33)/t14-,15+,19?. The topological polar surface area (TPSA) is 121 Å². The largest absolute Gasteiger partial charge is 0.494 e. The van der Waals surface area contributed by atoms with Crippen LogP contribution in [0.1, 0.15) is 44.9 Å².